The van der Waals surface area contributed by atoms with Gasteiger partial charge in [-0.25, -0.2) is 0 Å². The van der Waals surface area contributed by atoms with Crippen LogP contribution < -0.4 is 0 Å². The number of halogens is 2. The van der Waals surface area contributed by atoms with Gasteiger partial charge in [0.15, 0.2) is 0 Å². The Labute approximate surface area is 90.6 Å². The highest BCUT2D eigenvalue weighted by Gasteiger charge is 2.10. The second-order valence-electron chi connectivity index (χ2n) is 2.93. The monoisotopic (exact) mass is 290 g/mol. The van der Waals surface area contributed by atoms with E-state index < -0.39 is 0 Å². The zero-order valence-electron chi connectivity index (χ0n) is 7.27. The summed E-state index contributed by atoms with van der Waals surface area (Å²) < 4.78 is 0. The van der Waals surface area contributed by atoms with E-state index in [1.807, 2.05) is 0 Å². The van der Waals surface area contributed by atoms with Gasteiger partial charge < -0.3 is 0 Å². The maximum absolute atomic E-state index is 3.64. The summed E-state index contributed by atoms with van der Waals surface area (Å²) >= 11 is 7.11. The Morgan fingerprint density at radius 2 is 1.75 bits per heavy atom. The van der Waals surface area contributed by atoms with Gasteiger partial charge in [-0.1, -0.05) is 50.1 Å². The third-order valence-corrected chi connectivity index (χ3v) is 4.29. The molecular weight excluding hydrogens is 280 g/mol. The van der Waals surface area contributed by atoms with Crippen LogP contribution in [-0.2, 0) is 0 Å². The fourth-order valence-electron chi connectivity index (χ4n) is 1.40. The average molecular weight is 292 g/mol. The molecule has 0 saturated carbocycles. The van der Waals surface area contributed by atoms with Crippen molar-refractivity contribution in [3.63, 3.8) is 0 Å². The molecule has 0 aromatic heterocycles. The third kappa shape index (κ3) is 2.11. The minimum atomic E-state index is 0.429. The van der Waals surface area contributed by atoms with Gasteiger partial charge in [-0.15, -0.1) is 0 Å². The standard InChI is InChI=1S/C10H12Br2/c1-7-4-3-5-8(2)10(7)9(12)6-11/h3-5,9H,6H2,1-2H3. The van der Waals surface area contributed by atoms with E-state index in [4.69, 9.17) is 0 Å². The molecule has 0 radical (unpaired) electrons. The molecule has 0 aliphatic heterocycles. The number of hydrogen-bond donors (Lipinski definition) is 0. The van der Waals surface area contributed by atoms with Crippen LogP contribution in [0.1, 0.15) is 21.5 Å². The van der Waals surface area contributed by atoms with Gasteiger partial charge in [0, 0.05) is 10.2 Å². The molecule has 1 atom stereocenters. The number of benzene rings is 1. The van der Waals surface area contributed by atoms with Gasteiger partial charge in [0.2, 0.25) is 0 Å². The molecule has 1 aromatic rings. The van der Waals surface area contributed by atoms with Crippen molar-refractivity contribution >= 4 is 31.9 Å². The molecule has 0 spiro atoms. The summed E-state index contributed by atoms with van der Waals surface area (Å²) in [5, 5.41) is 0.957. The predicted octanol–water partition coefficient (Wildman–Crippen LogP) is 4.13. The van der Waals surface area contributed by atoms with Gasteiger partial charge in [-0.2, -0.15) is 0 Å². The molecule has 1 aromatic carbocycles. The summed E-state index contributed by atoms with van der Waals surface area (Å²) in [4.78, 5) is 0.429. The molecule has 2 heteroatoms. The largest absolute Gasteiger partial charge is 0.0912 e. The van der Waals surface area contributed by atoms with Crippen molar-refractivity contribution in [1.82, 2.24) is 0 Å². The fraction of sp³-hybridized carbons (Fsp3) is 0.400. The minimum Gasteiger partial charge on any atom is -0.0912 e. The van der Waals surface area contributed by atoms with E-state index in [0.29, 0.717) is 4.83 Å². The van der Waals surface area contributed by atoms with Crippen molar-refractivity contribution in [3.05, 3.63) is 34.9 Å². The first-order valence-corrected chi connectivity index (χ1v) is 5.96. The van der Waals surface area contributed by atoms with Crippen LogP contribution in [0, 0.1) is 13.8 Å². The van der Waals surface area contributed by atoms with E-state index in [1.54, 1.807) is 0 Å². The number of hydrogen-bond acceptors (Lipinski definition) is 0. The van der Waals surface area contributed by atoms with Gasteiger partial charge in [-0.3, -0.25) is 0 Å². The van der Waals surface area contributed by atoms with E-state index in [-0.39, 0.29) is 0 Å². The van der Waals surface area contributed by atoms with Crippen LogP contribution in [0.5, 0.6) is 0 Å². The Hall–Kier alpha value is 0.180. The number of aryl methyl sites for hydroxylation is 2. The molecule has 12 heavy (non-hydrogen) atoms. The molecule has 0 amide bonds. The lowest BCUT2D eigenvalue weighted by molar-refractivity contribution is 1.09. The Morgan fingerprint density at radius 1 is 1.25 bits per heavy atom. The molecule has 0 aliphatic carbocycles. The molecule has 66 valence electrons. The van der Waals surface area contributed by atoms with Crippen LogP contribution in [-0.4, -0.2) is 5.33 Å². The lowest BCUT2D eigenvalue weighted by Crippen LogP contribution is -1.97. The smallest absolute Gasteiger partial charge is 0.0497 e. The molecule has 0 heterocycles. The highest BCUT2D eigenvalue weighted by Crippen LogP contribution is 2.29. The molecule has 1 unspecified atom stereocenters. The first-order chi connectivity index (χ1) is 5.66. The Bertz CT molecular complexity index is 248. The van der Waals surface area contributed by atoms with Crippen molar-refractivity contribution in [1.29, 1.82) is 0 Å². The molecule has 0 nitrogen and oxygen atoms in total. The predicted molar refractivity (Wildman–Crippen MR) is 61.4 cm³/mol. The average Bonchev–Trinajstić information content (AvgIpc) is 2.03. The lowest BCUT2D eigenvalue weighted by atomic mass is 10.0. The van der Waals surface area contributed by atoms with Gasteiger partial charge in [-0.05, 0) is 30.5 Å². The van der Waals surface area contributed by atoms with Gasteiger partial charge in [0.05, 0.1) is 0 Å². The van der Waals surface area contributed by atoms with E-state index in [0.717, 1.165) is 5.33 Å². The highest BCUT2D eigenvalue weighted by molar-refractivity contribution is 9.12. The van der Waals surface area contributed by atoms with Crippen LogP contribution in [0.15, 0.2) is 18.2 Å². The molecular formula is C10H12Br2. The summed E-state index contributed by atoms with van der Waals surface area (Å²) in [5.74, 6) is 0. The Kier molecular flexibility index (Phi) is 3.78. The van der Waals surface area contributed by atoms with Gasteiger partial charge >= 0.3 is 0 Å². The van der Waals surface area contributed by atoms with Crippen LogP contribution in [0.25, 0.3) is 0 Å². The van der Waals surface area contributed by atoms with E-state index in [9.17, 15) is 0 Å². The summed E-state index contributed by atoms with van der Waals surface area (Å²) in [5.41, 5.74) is 4.13. The number of alkyl halides is 2. The molecule has 0 aliphatic rings. The zero-order chi connectivity index (χ0) is 9.14. The normalized spacial score (nSPS) is 13.0. The quantitative estimate of drug-likeness (QED) is 0.719. The SMILES string of the molecule is Cc1cccc(C)c1C(Br)CBr. The molecule has 0 fully saturated rings. The van der Waals surface area contributed by atoms with Crippen molar-refractivity contribution < 1.29 is 0 Å². The highest BCUT2D eigenvalue weighted by atomic mass is 79.9. The second kappa shape index (κ2) is 4.43. The first-order valence-electron chi connectivity index (χ1n) is 3.93. The zero-order valence-corrected chi connectivity index (χ0v) is 10.4. The molecule has 0 saturated heterocycles. The summed E-state index contributed by atoms with van der Waals surface area (Å²) in [6, 6.07) is 6.40. The fourth-order valence-corrected chi connectivity index (χ4v) is 2.44. The minimum absolute atomic E-state index is 0.429. The summed E-state index contributed by atoms with van der Waals surface area (Å²) in [6.45, 7) is 4.30. The van der Waals surface area contributed by atoms with Crippen LogP contribution >= 0.6 is 31.9 Å². The van der Waals surface area contributed by atoms with Gasteiger partial charge in [0.1, 0.15) is 0 Å². The second-order valence-corrected chi connectivity index (χ2v) is 4.68. The molecule has 1 rings (SSSR count). The lowest BCUT2D eigenvalue weighted by Gasteiger charge is -2.13. The molecule has 0 N–H and O–H groups in total. The van der Waals surface area contributed by atoms with Crippen molar-refractivity contribution in [2.45, 2.75) is 18.7 Å². The third-order valence-electron chi connectivity index (χ3n) is 1.99. The van der Waals surface area contributed by atoms with E-state index in [2.05, 4.69) is 63.9 Å². The first kappa shape index (κ1) is 10.3. The number of rotatable bonds is 2. The Morgan fingerprint density at radius 3 is 2.17 bits per heavy atom. The Balaban J connectivity index is 3.12. The summed E-state index contributed by atoms with van der Waals surface area (Å²) in [7, 11) is 0. The van der Waals surface area contributed by atoms with Crippen molar-refractivity contribution in [3.8, 4) is 0 Å². The van der Waals surface area contributed by atoms with Gasteiger partial charge in [0.25, 0.3) is 0 Å². The van der Waals surface area contributed by atoms with Crippen LogP contribution in [0.3, 0.4) is 0 Å². The van der Waals surface area contributed by atoms with Crippen LogP contribution in [0.2, 0.25) is 0 Å². The van der Waals surface area contributed by atoms with E-state index in [1.165, 1.54) is 16.7 Å². The topological polar surface area (TPSA) is 0 Å². The maximum atomic E-state index is 3.64. The molecule has 0 bridgehead atoms. The summed E-state index contributed by atoms with van der Waals surface area (Å²) in [6.07, 6.45) is 0. The van der Waals surface area contributed by atoms with Crippen LogP contribution in [0.4, 0.5) is 0 Å². The maximum Gasteiger partial charge on any atom is 0.0497 e. The van der Waals surface area contributed by atoms with Crippen molar-refractivity contribution in [2.24, 2.45) is 0 Å². The van der Waals surface area contributed by atoms with Crippen molar-refractivity contribution in [2.75, 3.05) is 5.33 Å². The van der Waals surface area contributed by atoms with E-state index >= 15 is 0 Å².